The summed E-state index contributed by atoms with van der Waals surface area (Å²) in [7, 11) is 0. The van der Waals surface area contributed by atoms with E-state index in [4.69, 9.17) is 4.74 Å². The molecule has 0 unspecified atom stereocenters. The number of rotatable bonds is 12. The number of aryl methyl sites for hydroxylation is 1. The minimum Gasteiger partial charge on any atom is -0.426 e. The second-order valence-corrected chi connectivity index (χ2v) is 11.8. The third-order valence-electron chi connectivity index (χ3n) is 4.58. The van der Waals surface area contributed by atoms with Crippen molar-refractivity contribution in [2.75, 3.05) is 5.75 Å². The molecule has 1 rings (SSSR count). The second-order valence-electron chi connectivity index (χ2n) is 10.0. The van der Waals surface area contributed by atoms with Crippen LogP contribution in [-0.4, -0.2) is 22.3 Å². The zero-order valence-corrected chi connectivity index (χ0v) is 20.1. The molecule has 1 aromatic carbocycles. The van der Waals surface area contributed by atoms with Crippen LogP contribution in [0.1, 0.15) is 92.1 Å². The van der Waals surface area contributed by atoms with E-state index in [0.29, 0.717) is 35.5 Å². The largest absolute Gasteiger partial charge is 0.426 e. The summed E-state index contributed by atoms with van der Waals surface area (Å²) in [6, 6.07) is 7.64. The van der Waals surface area contributed by atoms with Crippen molar-refractivity contribution in [2.45, 2.75) is 97.7 Å². The van der Waals surface area contributed by atoms with Crippen LogP contribution in [0.2, 0.25) is 0 Å². The molecule has 0 saturated carbocycles. The highest BCUT2D eigenvalue weighted by atomic mass is 32.2. The van der Waals surface area contributed by atoms with Crippen molar-refractivity contribution in [1.29, 1.82) is 0 Å². The van der Waals surface area contributed by atoms with E-state index in [9.17, 15) is 9.59 Å². The number of benzene rings is 1. The average molecular weight is 421 g/mol. The third kappa shape index (κ3) is 14.4. The maximum Gasteiger partial charge on any atom is 0.321 e. The van der Waals surface area contributed by atoms with Gasteiger partial charge in [-0.25, -0.2) is 0 Å². The first-order valence-electron chi connectivity index (χ1n) is 10.9. The van der Waals surface area contributed by atoms with E-state index in [1.807, 2.05) is 24.3 Å². The number of Topliss-reactive ketones (excluding diaryl/α,β-unsaturated/α-hetero) is 1. The molecule has 29 heavy (non-hydrogen) atoms. The number of carbonyl (C=O) groups excluding carboxylic acids is 2. The van der Waals surface area contributed by atoms with E-state index in [0.717, 1.165) is 25.7 Å². The highest BCUT2D eigenvalue weighted by molar-refractivity contribution is 8.01. The number of thioether (sulfide) groups is 1. The van der Waals surface area contributed by atoms with Crippen LogP contribution in [0.15, 0.2) is 24.3 Å². The maximum absolute atomic E-state index is 12.0. The Kier molecular flexibility index (Phi) is 11.0. The van der Waals surface area contributed by atoms with Crippen LogP contribution in [0.3, 0.4) is 0 Å². The number of hydrogen-bond acceptors (Lipinski definition) is 4. The fraction of sp³-hybridized carbons (Fsp3) is 0.680. The van der Waals surface area contributed by atoms with Crippen LogP contribution >= 0.6 is 11.8 Å². The third-order valence-corrected chi connectivity index (χ3v) is 5.83. The van der Waals surface area contributed by atoms with E-state index in [-0.39, 0.29) is 10.7 Å². The van der Waals surface area contributed by atoms with Crippen LogP contribution in [0.4, 0.5) is 0 Å². The molecule has 0 bridgehead atoms. The van der Waals surface area contributed by atoms with Crippen LogP contribution < -0.4 is 4.74 Å². The molecular weight excluding hydrogens is 380 g/mol. The summed E-state index contributed by atoms with van der Waals surface area (Å²) in [4.78, 5) is 23.9. The Morgan fingerprint density at radius 1 is 0.862 bits per heavy atom. The van der Waals surface area contributed by atoms with E-state index in [1.54, 1.807) is 11.8 Å². The van der Waals surface area contributed by atoms with Crippen molar-refractivity contribution in [3.8, 4) is 5.75 Å². The van der Waals surface area contributed by atoms with Gasteiger partial charge in [-0.2, -0.15) is 0 Å². The van der Waals surface area contributed by atoms with Gasteiger partial charge in [-0.3, -0.25) is 9.59 Å². The fourth-order valence-corrected chi connectivity index (χ4v) is 3.54. The van der Waals surface area contributed by atoms with Crippen LogP contribution in [0, 0.1) is 5.41 Å². The first-order valence-corrected chi connectivity index (χ1v) is 11.9. The van der Waals surface area contributed by atoms with Gasteiger partial charge in [0.15, 0.2) is 0 Å². The van der Waals surface area contributed by atoms with Gasteiger partial charge >= 0.3 is 5.97 Å². The lowest BCUT2D eigenvalue weighted by Crippen LogP contribution is -2.16. The second kappa shape index (κ2) is 12.4. The highest BCUT2D eigenvalue weighted by Gasteiger charge is 2.14. The van der Waals surface area contributed by atoms with Crippen molar-refractivity contribution in [3.05, 3.63) is 29.8 Å². The van der Waals surface area contributed by atoms with Gasteiger partial charge in [-0.15, -0.1) is 11.8 Å². The summed E-state index contributed by atoms with van der Waals surface area (Å²) in [5.74, 6) is 1.09. The van der Waals surface area contributed by atoms with Crippen LogP contribution in [0.5, 0.6) is 5.75 Å². The average Bonchev–Trinajstić information content (AvgIpc) is 2.60. The molecule has 0 N–H and O–H groups in total. The molecule has 4 heteroatoms. The normalized spacial score (nSPS) is 12.1. The van der Waals surface area contributed by atoms with Crippen molar-refractivity contribution in [1.82, 2.24) is 0 Å². The Morgan fingerprint density at radius 2 is 1.48 bits per heavy atom. The number of unbranched alkanes of at least 4 members (excludes halogenated alkanes) is 2. The van der Waals surface area contributed by atoms with Crippen molar-refractivity contribution in [2.24, 2.45) is 5.41 Å². The number of carbonyl (C=O) groups is 2. The molecule has 0 fully saturated rings. The van der Waals surface area contributed by atoms with E-state index in [1.165, 1.54) is 18.4 Å². The van der Waals surface area contributed by atoms with Gasteiger partial charge in [-0.05, 0) is 48.8 Å². The maximum atomic E-state index is 12.0. The molecule has 164 valence electrons. The minimum absolute atomic E-state index is 0.0484. The summed E-state index contributed by atoms with van der Waals surface area (Å²) < 4.78 is 5.43. The van der Waals surface area contributed by atoms with Crippen molar-refractivity contribution < 1.29 is 14.3 Å². The quantitative estimate of drug-likeness (QED) is 0.207. The molecule has 0 amide bonds. The first-order chi connectivity index (χ1) is 13.4. The fourth-order valence-electron chi connectivity index (χ4n) is 2.93. The Balaban J connectivity index is 2.20. The standard InChI is InChI=1S/C25H40O3S/c1-24(2,3)18-9-7-8-12-21(26)13-10-11-20-14-16-22(17-15-20)28-23(27)19-29-25(4,5)6/h14-17H,7-13,18-19H2,1-6H3. The molecule has 1 aromatic rings. The first kappa shape index (κ1) is 25.7. The van der Waals surface area contributed by atoms with Gasteiger partial charge in [0.25, 0.3) is 0 Å². The highest BCUT2D eigenvalue weighted by Crippen LogP contribution is 2.24. The van der Waals surface area contributed by atoms with Gasteiger partial charge in [0, 0.05) is 17.6 Å². The molecule has 0 saturated heterocycles. The summed E-state index contributed by atoms with van der Waals surface area (Å²) in [5.41, 5.74) is 1.57. The summed E-state index contributed by atoms with van der Waals surface area (Å²) in [6.45, 7) is 13.0. The zero-order chi connectivity index (χ0) is 21.9. The van der Waals surface area contributed by atoms with Gasteiger partial charge in [0.2, 0.25) is 0 Å². The Bertz CT molecular complexity index is 621. The lowest BCUT2D eigenvalue weighted by Gasteiger charge is -2.17. The smallest absolute Gasteiger partial charge is 0.321 e. The minimum atomic E-state index is -0.217. The van der Waals surface area contributed by atoms with Crippen molar-refractivity contribution >= 4 is 23.5 Å². The summed E-state index contributed by atoms with van der Waals surface area (Å²) in [5, 5.41) is 0. The van der Waals surface area contributed by atoms with Crippen molar-refractivity contribution in [3.63, 3.8) is 0 Å². The number of hydrogen-bond donors (Lipinski definition) is 0. The Labute approximate surface area is 182 Å². The van der Waals surface area contributed by atoms with E-state index >= 15 is 0 Å². The number of esters is 1. The lowest BCUT2D eigenvalue weighted by molar-refractivity contribution is -0.131. The number of ketones is 1. The van der Waals surface area contributed by atoms with Crippen LogP contribution in [-0.2, 0) is 16.0 Å². The van der Waals surface area contributed by atoms with Gasteiger partial charge in [0.05, 0.1) is 5.75 Å². The van der Waals surface area contributed by atoms with Gasteiger partial charge in [0.1, 0.15) is 11.5 Å². The molecule has 0 aliphatic carbocycles. The molecule has 0 aliphatic rings. The lowest BCUT2D eigenvalue weighted by atomic mass is 9.89. The van der Waals surface area contributed by atoms with Gasteiger partial charge in [-0.1, -0.05) is 66.5 Å². The molecule has 0 spiro atoms. The summed E-state index contributed by atoms with van der Waals surface area (Å²) >= 11 is 1.58. The zero-order valence-electron chi connectivity index (χ0n) is 19.3. The molecular formula is C25H40O3S. The summed E-state index contributed by atoms with van der Waals surface area (Å²) in [6.07, 6.45) is 7.72. The van der Waals surface area contributed by atoms with Crippen LogP contribution in [0.25, 0.3) is 0 Å². The van der Waals surface area contributed by atoms with E-state index in [2.05, 4.69) is 41.5 Å². The van der Waals surface area contributed by atoms with E-state index < -0.39 is 0 Å². The Hall–Kier alpha value is -1.29. The molecule has 0 atom stereocenters. The molecule has 0 aliphatic heterocycles. The molecule has 0 radical (unpaired) electrons. The topological polar surface area (TPSA) is 43.4 Å². The SMILES string of the molecule is CC(C)(C)CCCCCC(=O)CCCc1ccc(OC(=O)CSC(C)(C)C)cc1. The predicted molar refractivity (Wildman–Crippen MR) is 125 cm³/mol. The monoisotopic (exact) mass is 420 g/mol. The molecule has 0 heterocycles. The van der Waals surface area contributed by atoms with Gasteiger partial charge < -0.3 is 4.74 Å². The number of ether oxygens (including phenoxy) is 1. The predicted octanol–water partition coefficient (Wildman–Crippen LogP) is 7.01. The molecule has 3 nitrogen and oxygen atoms in total. The Morgan fingerprint density at radius 3 is 2.07 bits per heavy atom. The molecule has 0 aromatic heterocycles.